The zero-order valence-electron chi connectivity index (χ0n) is 10.3. The standard InChI is InChI=1S/C15H21NO/c16-8-11-1-2-17-15(11)14-12-4-9-3-10(6-12)7-13(14)5-9/h1-2,9-10,12-14H,3-8,16H2. The molecule has 0 radical (unpaired) electrons. The molecule has 2 N–H and O–H groups in total. The molecule has 5 rings (SSSR count). The van der Waals surface area contributed by atoms with Gasteiger partial charge in [0.15, 0.2) is 0 Å². The van der Waals surface area contributed by atoms with E-state index in [-0.39, 0.29) is 0 Å². The van der Waals surface area contributed by atoms with E-state index >= 15 is 0 Å². The quantitative estimate of drug-likeness (QED) is 0.848. The Kier molecular flexibility index (Phi) is 2.17. The van der Waals surface area contributed by atoms with Gasteiger partial charge in [-0.1, -0.05) is 0 Å². The van der Waals surface area contributed by atoms with Gasteiger partial charge in [-0.15, -0.1) is 0 Å². The molecule has 92 valence electrons. The largest absolute Gasteiger partial charge is 0.469 e. The topological polar surface area (TPSA) is 39.2 Å². The SMILES string of the molecule is NCc1ccoc1C1C2CC3CC(C2)CC1C3. The normalized spacial score (nSPS) is 43.2. The maximum Gasteiger partial charge on any atom is 0.111 e. The minimum Gasteiger partial charge on any atom is -0.469 e. The zero-order valence-corrected chi connectivity index (χ0v) is 10.3. The molecule has 1 aromatic heterocycles. The van der Waals surface area contributed by atoms with Crippen LogP contribution in [-0.2, 0) is 6.54 Å². The van der Waals surface area contributed by atoms with Gasteiger partial charge in [-0.3, -0.25) is 0 Å². The van der Waals surface area contributed by atoms with Crippen molar-refractivity contribution in [3.05, 3.63) is 23.7 Å². The van der Waals surface area contributed by atoms with Crippen molar-refractivity contribution in [3.8, 4) is 0 Å². The molecular weight excluding hydrogens is 210 g/mol. The van der Waals surface area contributed by atoms with E-state index in [1.54, 1.807) is 0 Å². The van der Waals surface area contributed by atoms with E-state index in [1.807, 2.05) is 6.26 Å². The summed E-state index contributed by atoms with van der Waals surface area (Å²) in [5.41, 5.74) is 7.08. The number of hydrogen-bond acceptors (Lipinski definition) is 2. The summed E-state index contributed by atoms with van der Waals surface area (Å²) in [5.74, 6) is 5.78. The van der Waals surface area contributed by atoms with E-state index in [1.165, 1.54) is 43.4 Å². The number of rotatable bonds is 2. The van der Waals surface area contributed by atoms with Crippen LogP contribution >= 0.6 is 0 Å². The summed E-state index contributed by atoms with van der Waals surface area (Å²) >= 11 is 0. The van der Waals surface area contributed by atoms with Crippen LogP contribution in [0.2, 0.25) is 0 Å². The summed E-state index contributed by atoms with van der Waals surface area (Å²) in [7, 11) is 0. The zero-order chi connectivity index (χ0) is 11.4. The van der Waals surface area contributed by atoms with Crippen molar-refractivity contribution < 1.29 is 4.42 Å². The molecule has 2 heteroatoms. The molecule has 0 saturated heterocycles. The van der Waals surface area contributed by atoms with Gasteiger partial charge in [0.1, 0.15) is 5.76 Å². The first-order valence-electron chi connectivity index (χ1n) is 7.11. The first-order chi connectivity index (χ1) is 8.35. The predicted octanol–water partition coefficient (Wildman–Crippen LogP) is 3.28. The van der Waals surface area contributed by atoms with Gasteiger partial charge < -0.3 is 10.2 Å². The second kappa shape index (κ2) is 3.61. The summed E-state index contributed by atoms with van der Waals surface area (Å²) in [5, 5.41) is 0. The second-order valence-corrected chi connectivity index (χ2v) is 6.47. The number of nitrogens with two attached hydrogens (primary N) is 1. The lowest BCUT2D eigenvalue weighted by Gasteiger charge is -2.54. The molecule has 0 spiro atoms. The summed E-state index contributed by atoms with van der Waals surface area (Å²) < 4.78 is 5.80. The molecule has 1 heterocycles. The van der Waals surface area contributed by atoms with Crippen LogP contribution in [0.15, 0.2) is 16.7 Å². The molecule has 4 bridgehead atoms. The summed E-state index contributed by atoms with van der Waals surface area (Å²) in [4.78, 5) is 0. The average Bonchev–Trinajstić information content (AvgIpc) is 2.75. The first-order valence-corrected chi connectivity index (χ1v) is 7.11. The van der Waals surface area contributed by atoms with Gasteiger partial charge in [0.2, 0.25) is 0 Å². The maximum atomic E-state index is 5.83. The summed E-state index contributed by atoms with van der Waals surface area (Å²) in [6.07, 6.45) is 9.14. The van der Waals surface area contributed by atoms with E-state index in [4.69, 9.17) is 10.2 Å². The molecule has 0 aliphatic heterocycles. The highest BCUT2D eigenvalue weighted by atomic mass is 16.3. The summed E-state index contributed by atoms with van der Waals surface area (Å²) in [6.45, 7) is 0.634. The van der Waals surface area contributed by atoms with Crippen molar-refractivity contribution in [1.82, 2.24) is 0 Å². The Morgan fingerprint density at radius 1 is 1.06 bits per heavy atom. The Bertz CT molecular complexity index is 394. The molecule has 1 aromatic rings. The van der Waals surface area contributed by atoms with E-state index in [9.17, 15) is 0 Å². The van der Waals surface area contributed by atoms with Gasteiger partial charge in [0.05, 0.1) is 6.26 Å². The molecule has 2 nitrogen and oxygen atoms in total. The highest BCUT2D eigenvalue weighted by molar-refractivity contribution is 5.24. The van der Waals surface area contributed by atoms with Crippen LogP contribution in [0.4, 0.5) is 0 Å². The minimum absolute atomic E-state index is 0.634. The van der Waals surface area contributed by atoms with Crippen LogP contribution in [0.5, 0.6) is 0 Å². The van der Waals surface area contributed by atoms with Crippen LogP contribution in [0, 0.1) is 23.7 Å². The lowest BCUT2D eigenvalue weighted by atomic mass is 9.51. The Labute approximate surface area is 103 Å². The van der Waals surface area contributed by atoms with E-state index < -0.39 is 0 Å². The minimum atomic E-state index is 0.634. The van der Waals surface area contributed by atoms with Gasteiger partial charge in [0, 0.05) is 18.0 Å². The van der Waals surface area contributed by atoms with Crippen molar-refractivity contribution in [2.45, 2.75) is 44.6 Å². The number of hydrogen-bond donors (Lipinski definition) is 1. The van der Waals surface area contributed by atoms with Gasteiger partial charge in [-0.05, 0) is 61.8 Å². The monoisotopic (exact) mass is 231 g/mol. The molecule has 0 unspecified atom stereocenters. The molecular formula is C15H21NO. The van der Waals surface area contributed by atoms with Crippen molar-refractivity contribution in [2.75, 3.05) is 0 Å². The Balaban J connectivity index is 1.70. The van der Waals surface area contributed by atoms with E-state index in [0.717, 1.165) is 23.7 Å². The second-order valence-electron chi connectivity index (χ2n) is 6.47. The van der Waals surface area contributed by atoms with Crippen molar-refractivity contribution >= 4 is 0 Å². The van der Waals surface area contributed by atoms with Crippen LogP contribution in [-0.4, -0.2) is 0 Å². The molecule has 0 aromatic carbocycles. The molecule has 4 aliphatic rings. The third-order valence-electron chi connectivity index (χ3n) is 5.53. The van der Waals surface area contributed by atoms with Crippen LogP contribution < -0.4 is 5.73 Å². The molecule has 0 amide bonds. The van der Waals surface area contributed by atoms with Crippen LogP contribution in [0.3, 0.4) is 0 Å². The lowest BCUT2D eigenvalue weighted by Crippen LogP contribution is -2.43. The third kappa shape index (κ3) is 1.43. The Hall–Kier alpha value is -0.760. The van der Waals surface area contributed by atoms with Crippen molar-refractivity contribution in [2.24, 2.45) is 29.4 Å². The Morgan fingerprint density at radius 3 is 2.29 bits per heavy atom. The van der Waals surface area contributed by atoms with Gasteiger partial charge >= 0.3 is 0 Å². The van der Waals surface area contributed by atoms with E-state index in [0.29, 0.717) is 12.5 Å². The highest BCUT2D eigenvalue weighted by Gasteiger charge is 2.49. The molecule has 4 saturated carbocycles. The summed E-state index contributed by atoms with van der Waals surface area (Å²) in [6, 6.07) is 2.07. The van der Waals surface area contributed by atoms with Crippen molar-refractivity contribution in [3.63, 3.8) is 0 Å². The smallest absolute Gasteiger partial charge is 0.111 e. The fourth-order valence-electron chi connectivity index (χ4n) is 5.16. The molecule has 17 heavy (non-hydrogen) atoms. The van der Waals surface area contributed by atoms with Gasteiger partial charge in [-0.25, -0.2) is 0 Å². The molecule has 0 atom stereocenters. The van der Waals surface area contributed by atoms with Crippen LogP contribution in [0.25, 0.3) is 0 Å². The van der Waals surface area contributed by atoms with Gasteiger partial charge in [0.25, 0.3) is 0 Å². The molecule has 4 fully saturated rings. The van der Waals surface area contributed by atoms with Crippen LogP contribution in [0.1, 0.15) is 49.3 Å². The molecule has 4 aliphatic carbocycles. The maximum absolute atomic E-state index is 5.83. The fourth-order valence-corrected chi connectivity index (χ4v) is 5.16. The van der Waals surface area contributed by atoms with Gasteiger partial charge in [-0.2, -0.15) is 0 Å². The Morgan fingerprint density at radius 2 is 1.71 bits per heavy atom. The van der Waals surface area contributed by atoms with Crippen molar-refractivity contribution in [1.29, 1.82) is 0 Å². The van der Waals surface area contributed by atoms with E-state index in [2.05, 4.69) is 6.07 Å². The number of furan rings is 1. The fraction of sp³-hybridized carbons (Fsp3) is 0.733. The predicted molar refractivity (Wildman–Crippen MR) is 66.4 cm³/mol. The highest BCUT2D eigenvalue weighted by Crippen LogP contribution is 2.60. The third-order valence-corrected chi connectivity index (χ3v) is 5.53. The first kappa shape index (κ1) is 10.2. The lowest BCUT2D eigenvalue weighted by molar-refractivity contribution is -0.00997. The average molecular weight is 231 g/mol.